The van der Waals surface area contributed by atoms with Gasteiger partial charge in [-0.3, -0.25) is 9.69 Å². The van der Waals surface area contributed by atoms with Crippen LogP contribution in [0.4, 0.5) is 4.79 Å². The summed E-state index contributed by atoms with van der Waals surface area (Å²) in [5, 5.41) is 0. The Bertz CT molecular complexity index is 330. The second-order valence-electron chi connectivity index (χ2n) is 4.00. The average molecular weight is 253 g/mol. The maximum atomic E-state index is 11.5. The molecule has 0 saturated carbocycles. The third-order valence-electron chi connectivity index (χ3n) is 1.76. The Morgan fingerprint density at radius 1 is 1.44 bits per heavy atom. The fourth-order valence-corrected chi connectivity index (χ4v) is 0.978. The van der Waals surface area contributed by atoms with Crippen LogP contribution in [0, 0.1) is 18.3 Å². The summed E-state index contributed by atoms with van der Waals surface area (Å²) >= 11 is 0. The minimum absolute atomic E-state index is 0.00719. The first kappa shape index (κ1) is 16.0. The van der Waals surface area contributed by atoms with Gasteiger partial charge in [0.05, 0.1) is 13.2 Å². The maximum absolute atomic E-state index is 11.5. The van der Waals surface area contributed by atoms with Gasteiger partial charge in [0.2, 0.25) is 0 Å². The summed E-state index contributed by atoms with van der Waals surface area (Å²) in [6, 6.07) is 0. The van der Waals surface area contributed by atoms with E-state index in [1.807, 2.05) is 13.8 Å². The Hall–Kier alpha value is -1.96. The molecule has 0 spiro atoms. The van der Waals surface area contributed by atoms with E-state index in [4.69, 9.17) is 15.9 Å². The predicted octanol–water partition coefficient (Wildman–Crippen LogP) is 1.44. The number of rotatable bonds is 7. The van der Waals surface area contributed by atoms with Crippen LogP contribution >= 0.6 is 0 Å². The molecule has 0 aliphatic carbocycles. The van der Waals surface area contributed by atoms with Crippen molar-refractivity contribution in [1.82, 2.24) is 4.90 Å². The molecule has 5 nitrogen and oxygen atoms in total. The number of hydrogen-bond acceptors (Lipinski definition) is 4. The zero-order valence-electron chi connectivity index (χ0n) is 10.8. The quantitative estimate of drug-likeness (QED) is 0.391. The number of amides is 1. The van der Waals surface area contributed by atoms with Crippen LogP contribution in [0.15, 0.2) is 12.7 Å². The summed E-state index contributed by atoms with van der Waals surface area (Å²) in [6.07, 6.45) is 5.90. The number of terminal acetylenes is 1. The first-order valence-electron chi connectivity index (χ1n) is 5.63. The van der Waals surface area contributed by atoms with Crippen molar-refractivity contribution >= 4 is 12.1 Å². The van der Waals surface area contributed by atoms with Gasteiger partial charge in [-0.15, -0.1) is 6.42 Å². The van der Waals surface area contributed by atoms with Gasteiger partial charge in [-0.2, -0.15) is 0 Å². The molecule has 0 aromatic rings. The molecule has 0 aliphatic heterocycles. The zero-order valence-corrected chi connectivity index (χ0v) is 10.8. The molecular formula is C13H19NO4. The standard InChI is InChI=1S/C13H19NO4/c1-5-7-14(13(16)17-8-6-2)9-12(15)18-10-11(3)4/h1,6,11H,2,7-10H2,3-4H3. The first-order valence-corrected chi connectivity index (χ1v) is 5.63. The fraction of sp³-hybridized carbons (Fsp3) is 0.538. The smallest absolute Gasteiger partial charge is 0.411 e. The van der Waals surface area contributed by atoms with Crippen LogP contribution in [0.2, 0.25) is 0 Å². The molecule has 0 rings (SSSR count). The normalized spacial score (nSPS) is 9.44. The monoisotopic (exact) mass is 253 g/mol. The summed E-state index contributed by atoms with van der Waals surface area (Å²) in [4.78, 5) is 24.1. The predicted molar refractivity (Wildman–Crippen MR) is 67.7 cm³/mol. The summed E-state index contributed by atoms with van der Waals surface area (Å²) in [6.45, 7) is 7.42. The number of nitrogens with zero attached hydrogens (tertiary/aromatic N) is 1. The van der Waals surface area contributed by atoms with Gasteiger partial charge >= 0.3 is 12.1 Å². The van der Waals surface area contributed by atoms with Crippen LogP contribution in [0.3, 0.4) is 0 Å². The lowest BCUT2D eigenvalue weighted by molar-refractivity contribution is -0.145. The van der Waals surface area contributed by atoms with Crippen LogP contribution in [0.25, 0.3) is 0 Å². The molecule has 0 unspecified atom stereocenters. The fourth-order valence-electron chi connectivity index (χ4n) is 0.978. The molecule has 0 bridgehead atoms. The summed E-state index contributed by atoms with van der Waals surface area (Å²) in [5.74, 6) is 2.02. The van der Waals surface area contributed by atoms with Crippen molar-refractivity contribution in [2.75, 3.05) is 26.3 Å². The Labute approximate surface area is 108 Å². The second-order valence-corrected chi connectivity index (χ2v) is 4.00. The lowest BCUT2D eigenvalue weighted by Crippen LogP contribution is -2.37. The van der Waals surface area contributed by atoms with Gasteiger partial charge < -0.3 is 9.47 Å². The number of carbonyl (C=O) groups is 2. The third kappa shape index (κ3) is 7.34. The van der Waals surface area contributed by atoms with E-state index in [-0.39, 0.29) is 25.6 Å². The van der Waals surface area contributed by atoms with Crippen LogP contribution in [0.5, 0.6) is 0 Å². The number of hydrogen-bond donors (Lipinski definition) is 0. The van der Waals surface area contributed by atoms with Gasteiger partial charge in [0.15, 0.2) is 0 Å². The molecule has 0 saturated heterocycles. The lowest BCUT2D eigenvalue weighted by atomic mass is 10.2. The summed E-state index contributed by atoms with van der Waals surface area (Å²) < 4.78 is 9.76. The zero-order chi connectivity index (χ0) is 14.0. The van der Waals surface area contributed by atoms with Gasteiger partial charge in [-0.1, -0.05) is 32.4 Å². The molecule has 0 radical (unpaired) electrons. The molecule has 0 N–H and O–H groups in total. The minimum Gasteiger partial charge on any atom is -0.464 e. The van der Waals surface area contributed by atoms with E-state index in [0.29, 0.717) is 6.61 Å². The van der Waals surface area contributed by atoms with E-state index in [1.54, 1.807) is 0 Å². The highest BCUT2D eigenvalue weighted by atomic mass is 16.6. The Balaban J connectivity index is 4.25. The molecule has 0 aliphatic rings. The van der Waals surface area contributed by atoms with Crippen LogP contribution < -0.4 is 0 Å². The highest BCUT2D eigenvalue weighted by molar-refractivity contribution is 5.78. The Morgan fingerprint density at radius 3 is 2.61 bits per heavy atom. The van der Waals surface area contributed by atoms with Crippen molar-refractivity contribution in [3.05, 3.63) is 12.7 Å². The van der Waals surface area contributed by atoms with Crippen LogP contribution in [-0.2, 0) is 14.3 Å². The minimum atomic E-state index is -0.658. The van der Waals surface area contributed by atoms with E-state index in [1.165, 1.54) is 6.08 Å². The van der Waals surface area contributed by atoms with Crippen molar-refractivity contribution in [3.8, 4) is 12.3 Å². The maximum Gasteiger partial charge on any atom is 0.411 e. The van der Waals surface area contributed by atoms with E-state index in [2.05, 4.69) is 12.5 Å². The van der Waals surface area contributed by atoms with Gasteiger partial charge in [0.25, 0.3) is 0 Å². The topological polar surface area (TPSA) is 55.8 Å². The average Bonchev–Trinajstić information content (AvgIpc) is 2.32. The van der Waals surface area contributed by atoms with Crippen molar-refractivity contribution in [2.24, 2.45) is 5.92 Å². The summed E-state index contributed by atoms with van der Waals surface area (Å²) in [7, 11) is 0. The van der Waals surface area contributed by atoms with Crippen molar-refractivity contribution in [2.45, 2.75) is 13.8 Å². The molecule has 0 aromatic carbocycles. The number of ether oxygens (including phenoxy) is 2. The van der Waals surface area contributed by atoms with E-state index < -0.39 is 12.1 Å². The van der Waals surface area contributed by atoms with E-state index in [0.717, 1.165) is 4.90 Å². The lowest BCUT2D eigenvalue weighted by Gasteiger charge is -2.18. The van der Waals surface area contributed by atoms with Gasteiger partial charge in [-0.05, 0) is 5.92 Å². The van der Waals surface area contributed by atoms with Crippen molar-refractivity contribution in [1.29, 1.82) is 0 Å². The highest BCUT2D eigenvalue weighted by Crippen LogP contribution is 1.98. The second kappa shape index (κ2) is 9.11. The van der Waals surface area contributed by atoms with Crippen LogP contribution in [0.1, 0.15) is 13.8 Å². The molecule has 0 atom stereocenters. The molecule has 5 heteroatoms. The highest BCUT2D eigenvalue weighted by Gasteiger charge is 2.18. The molecule has 18 heavy (non-hydrogen) atoms. The van der Waals surface area contributed by atoms with E-state index >= 15 is 0 Å². The molecule has 0 heterocycles. The largest absolute Gasteiger partial charge is 0.464 e. The Morgan fingerprint density at radius 2 is 2.11 bits per heavy atom. The van der Waals surface area contributed by atoms with Crippen LogP contribution in [-0.4, -0.2) is 43.3 Å². The molecule has 0 fully saturated rings. The number of esters is 1. The number of carbonyl (C=O) groups excluding carboxylic acids is 2. The Kier molecular flexibility index (Phi) is 8.12. The van der Waals surface area contributed by atoms with Crippen molar-refractivity contribution < 1.29 is 19.1 Å². The van der Waals surface area contributed by atoms with Crippen molar-refractivity contribution in [3.63, 3.8) is 0 Å². The first-order chi connectivity index (χ1) is 8.51. The van der Waals surface area contributed by atoms with Gasteiger partial charge in [-0.25, -0.2) is 4.79 Å². The van der Waals surface area contributed by atoms with E-state index in [9.17, 15) is 9.59 Å². The van der Waals surface area contributed by atoms with Gasteiger partial charge in [0, 0.05) is 0 Å². The molecule has 1 amide bonds. The third-order valence-corrected chi connectivity index (χ3v) is 1.76. The molecule has 100 valence electrons. The van der Waals surface area contributed by atoms with Gasteiger partial charge in [0.1, 0.15) is 13.2 Å². The molecule has 0 aromatic heterocycles. The molecular weight excluding hydrogens is 234 g/mol. The summed E-state index contributed by atoms with van der Waals surface area (Å²) in [5.41, 5.74) is 0. The SMILES string of the molecule is C#CCN(CC(=O)OCC(C)C)C(=O)OCC=C.